The second-order valence-corrected chi connectivity index (χ2v) is 5.90. The van der Waals surface area contributed by atoms with Crippen LogP contribution in [0.2, 0.25) is 0 Å². The molecule has 5 heteroatoms. The van der Waals surface area contributed by atoms with Crippen LogP contribution in [0.1, 0.15) is 18.2 Å². The van der Waals surface area contributed by atoms with Gasteiger partial charge in [0, 0.05) is 32.3 Å². The number of benzene rings is 1. The SMILES string of the molecule is CCC(=Cc1ccc(-c2ccccc2Br)s1)[N+](=O)[O-]. The number of nitro groups is 1. The van der Waals surface area contributed by atoms with Gasteiger partial charge in [-0.1, -0.05) is 41.1 Å². The van der Waals surface area contributed by atoms with Crippen LogP contribution in [0.4, 0.5) is 0 Å². The van der Waals surface area contributed by atoms with Crippen molar-refractivity contribution in [2.45, 2.75) is 13.3 Å². The number of allylic oxidation sites excluding steroid dienone is 1. The van der Waals surface area contributed by atoms with Crippen molar-refractivity contribution in [3.05, 3.63) is 61.6 Å². The topological polar surface area (TPSA) is 43.1 Å². The highest BCUT2D eigenvalue weighted by atomic mass is 79.9. The van der Waals surface area contributed by atoms with Crippen molar-refractivity contribution < 1.29 is 4.92 Å². The molecule has 0 unspecified atom stereocenters. The molecule has 0 atom stereocenters. The molecule has 19 heavy (non-hydrogen) atoms. The minimum absolute atomic E-state index is 0.237. The minimum atomic E-state index is -0.322. The Morgan fingerprint density at radius 1 is 1.37 bits per heavy atom. The van der Waals surface area contributed by atoms with Crippen LogP contribution in [0.3, 0.4) is 0 Å². The van der Waals surface area contributed by atoms with Crippen molar-refractivity contribution >= 4 is 33.3 Å². The van der Waals surface area contributed by atoms with Crippen LogP contribution in [0.15, 0.2) is 46.6 Å². The molecule has 0 aliphatic carbocycles. The molecule has 0 aliphatic heterocycles. The normalized spacial score (nSPS) is 11.6. The van der Waals surface area contributed by atoms with E-state index in [0.717, 1.165) is 19.8 Å². The van der Waals surface area contributed by atoms with Gasteiger partial charge in [-0.25, -0.2) is 0 Å². The fraction of sp³-hybridized carbons (Fsp3) is 0.143. The van der Waals surface area contributed by atoms with Gasteiger partial charge >= 0.3 is 0 Å². The summed E-state index contributed by atoms with van der Waals surface area (Å²) in [5.41, 5.74) is 1.34. The van der Waals surface area contributed by atoms with Gasteiger partial charge in [-0.3, -0.25) is 10.1 Å². The molecule has 0 amide bonds. The molecule has 1 aromatic carbocycles. The third-order valence-electron chi connectivity index (χ3n) is 2.67. The van der Waals surface area contributed by atoms with Gasteiger partial charge < -0.3 is 0 Å². The molecule has 2 rings (SSSR count). The highest BCUT2D eigenvalue weighted by molar-refractivity contribution is 9.10. The molecule has 1 aromatic heterocycles. The summed E-state index contributed by atoms with van der Waals surface area (Å²) in [6.07, 6.45) is 2.07. The first kappa shape index (κ1) is 14.0. The lowest BCUT2D eigenvalue weighted by molar-refractivity contribution is -0.425. The molecule has 0 spiro atoms. The van der Waals surface area contributed by atoms with Crippen molar-refractivity contribution in [1.82, 2.24) is 0 Å². The molecular formula is C14H12BrNO2S. The average Bonchev–Trinajstić information content (AvgIpc) is 2.84. The highest BCUT2D eigenvalue weighted by Gasteiger charge is 2.10. The van der Waals surface area contributed by atoms with E-state index >= 15 is 0 Å². The third kappa shape index (κ3) is 3.30. The first-order valence-electron chi connectivity index (χ1n) is 5.81. The Morgan fingerprint density at radius 2 is 2.11 bits per heavy atom. The van der Waals surface area contributed by atoms with E-state index in [1.807, 2.05) is 36.4 Å². The molecule has 0 bridgehead atoms. The molecule has 2 aromatic rings. The summed E-state index contributed by atoms with van der Waals surface area (Å²) >= 11 is 5.06. The smallest absolute Gasteiger partial charge is 0.247 e. The van der Waals surface area contributed by atoms with Gasteiger partial charge in [-0.05, 0) is 18.2 Å². The standard InChI is InChI=1S/C14H12BrNO2S/c1-2-10(16(17)18)9-11-7-8-14(19-11)12-5-3-4-6-13(12)15/h3-9H,2H2,1H3. The van der Waals surface area contributed by atoms with Crippen molar-refractivity contribution in [1.29, 1.82) is 0 Å². The van der Waals surface area contributed by atoms with Crippen LogP contribution in [0.25, 0.3) is 16.5 Å². The summed E-state index contributed by atoms with van der Waals surface area (Å²) in [6, 6.07) is 11.9. The average molecular weight is 338 g/mol. The maximum atomic E-state index is 10.8. The van der Waals surface area contributed by atoms with Crippen LogP contribution >= 0.6 is 27.3 Å². The van der Waals surface area contributed by atoms with E-state index in [0.29, 0.717) is 6.42 Å². The Morgan fingerprint density at radius 3 is 2.74 bits per heavy atom. The predicted molar refractivity (Wildman–Crippen MR) is 82.7 cm³/mol. The Hall–Kier alpha value is -1.46. The van der Waals surface area contributed by atoms with Gasteiger partial charge in [0.25, 0.3) is 0 Å². The van der Waals surface area contributed by atoms with E-state index in [2.05, 4.69) is 15.9 Å². The van der Waals surface area contributed by atoms with Crippen molar-refractivity contribution in [3.8, 4) is 10.4 Å². The first-order valence-corrected chi connectivity index (χ1v) is 7.42. The van der Waals surface area contributed by atoms with E-state index < -0.39 is 0 Å². The van der Waals surface area contributed by atoms with Crippen LogP contribution in [0.5, 0.6) is 0 Å². The minimum Gasteiger partial charge on any atom is -0.259 e. The number of nitrogens with zero attached hydrogens (tertiary/aromatic N) is 1. The second kappa shape index (κ2) is 6.12. The highest BCUT2D eigenvalue weighted by Crippen LogP contribution is 2.34. The molecule has 0 radical (unpaired) electrons. The number of halogens is 1. The number of rotatable bonds is 4. The zero-order valence-corrected chi connectivity index (χ0v) is 12.7. The van der Waals surface area contributed by atoms with Gasteiger partial charge in [0.1, 0.15) is 0 Å². The quantitative estimate of drug-likeness (QED) is 0.568. The molecule has 1 heterocycles. The number of thiophene rings is 1. The Balaban J connectivity index is 2.35. The maximum Gasteiger partial charge on any atom is 0.247 e. The van der Waals surface area contributed by atoms with Gasteiger partial charge in [0.05, 0.1) is 4.92 Å². The van der Waals surface area contributed by atoms with Crippen molar-refractivity contribution in [2.24, 2.45) is 0 Å². The third-order valence-corrected chi connectivity index (χ3v) is 4.43. The van der Waals surface area contributed by atoms with Crippen LogP contribution in [-0.4, -0.2) is 4.92 Å². The molecule has 98 valence electrons. The molecule has 3 nitrogen and oxygen atoms in total. The maximum absolute atomic E-state index is 10.8. The molecule has 0 N–H and O–H groups in total. The summed E-state index contributed by atoms with van der Waals surface area (Å²) in [5, 5.41) is 10.8. The largest absolute Gasteiger partial charge is 0.259 e. The Kier molecular flexibility index (Phi) is 4.50. The Labute approximate surface area is 123 Å². The fourth-order valence-electron chi connectivity index (χ4n) is 1.68. The van der Waals surface area contributed by atoms with Gasteiger partial charge in [-0.15, -0.1) is 11.3 Å². The van der Waals surface area contributed by atoms with E-state index in [4.69, 9.17) is 0 Å². The molecule has 0 aliphatic rings. The van der Waals surface area contributed by atoms with E-state index in [1.165, 1.54) is 0 Å². The summed E-state index contributed by atoms with van der Waals surface area (Å²) in [6.45, 7) is 1.79. The molecular weight excluding hydrogens is 326 g/mol. The van der Waals surface area contributed by atoms with Crippen LogP contribution in [-0.2, 0) is 0 Å². The lowest BCUT2D eigenvalue weighted by atomic mass is 10.2. The molecule has 0 fully saturated rings. The van der Waals surface area contributed by atoms with Crippen molar-refractivity contribution in [3.63, 3.8) is 0 Å². The number of hydrogen-bond acceptors (Lipinski definition) is 3. The van der Waals surface area contributed by atoms with E-state index in [-0.39, 0.29) is 10.6 Å². The molecule has 0 saturated carbocycles. The molecule has 0 saturated heterocycles. The van der Waals surface area contributed by atoms with E-state index in [1.54, 1.807) is 24.3 Å². The fourth-order valence-corrected chi connectivity index (χ4v) is 3.32. The first-order chi connectivity index (χ1) is 9.11. The van der Waals surface area contributed by atoms with Gasteiger partial charge in [-0.2, -0.15) is 0 Å². The Bertz CT molecular complexity index is 634. The zero-order chi connectivity index (χ0) is 13.8. The summed E-state index contributed by atoms with van der Waals surface area (Å²) in [5.74, 6) is 0. The van der Waals surface area contributed by atoms with Crippen LogP contribution < -0.4 is 0 Å². The van der Waals surface area contributed by atoms with Gasteiger partial charge in [0.15, 0.2) is 0 Å². The number of hydrogen-bond donors (Lipinski definition) is 0. The van der Waals surface area contributed by atoms with Gasteiger partial charge in [0.2, 0.25) is 5.70 Å². The lowest BCUT2D eigenvalue weighted by Gasteiger charge is -1.99. The van der Waals surface area contributed by atoms with E-state index in [9.17, 15) is 10.1 Å². The monoisotopic (exact) mass is 337 g/mol. The zero-order valence-electron chi connectivity index (χ0n) is 10.3. The van der Waals surface area contributed by atoms with Crippen LogP contribution in [0, 0.1) is 10.1 Å². The second-order valence-electron chi connectivity index (χ2n) is 3.93. The summed E-state index contributed by atoms with van der Waals surface area (Å²) in [7, 11) is 0. The lowest BCUT2D eigenvalue weighted by Crippen LogP contribution is -1.95. The summed E-state index contributed by atoms with van der Waals surface area (Å²) < 4.78 is 1.03. The summed E-state index contributed by atoms with van der Waals surface area (Å²) in [4.78, 5) is 12.5. The van der Waals surface area contributed by atoms with Crippen molar-refractivity contribution in [2.75, 3.05) is 0 Å². The predicted octanol–water partition coefficient (Wildman–Crippen LogP) is 5.21.